The van der Waals surface area contributed by atoms with E-state index in [9.17, 15) is 14.4 Å². The van der Waals surface area contributed by atoms with Crippen LogP contribution in [0.3, 0.4) is 0 Å². The summed E-state index contributed by atoms with van der Waals surface area (Å²) in [6.07, 6.45) is 3.77. The summed E-state index contributed by atoms with van der Waals surface area (Å²) in [6, 6.07) is 6.32. The van der Waals surface area contributed by atoms with Crippen LogP contribution in [0.4, 0.5) is 11.9 Å². The van der Waals surface area contributed by atoms with Gasteiger partial charge in [0.05, 0.1) is 37.4 Å². The second kappa shape index (κ2) is 15.0. The molecule has 15 nitrogen and oxygen atoms in total. The Hall–Kier alpha value is -5.75. The van der Waals surface area contributed by atoms with E-state index in [1.54, 1.807) is 33.4 Å². The van der Waals surface area contributed by atoms with Crippen molar-refractivity contribution in [3.05, 3.63) is 47.5 Å². The summed E-state index contributed by atoms with van der Waals surface area (Å²) in [6.45, 7) is 7.99. The number of rotatable bonds is 11. The van der Waals surface area contributed by atoms with Crippen molar-refractivity contribution in [2.45, 2.75) is 26.9 Å². The van der Waals surface area contributed by atoms with Gasteiger partial charge in [0.1, 0.15) is 29.1 Å². The van der Waals surface area contributed by atoms with Crippen molar-refractivity contribution >= 4 is 51.7 Å². The number of nitrogen functional groups attached to an aromatic ring is 2. The van der Waals surface area contributed by atoms with Gasteiger partial charge in [0.25, 0.3) is 0 Å². The molecular formula is C34H41N9O6. The fourth-order valence-electron chi connectivity index (χ4n) is 5.69. The van der Waals surface area contributed by atoms with E-state index in [-0.39, 0.29) is 35.9 Å². The van der Waals surface area contributed by atoms with Gasteiger partial charge >= 0.3 is 5.97 Å². The van der Waals surface area contributed by atoms with Crippen LogP contribution in [0, 0.1) is 17.8 Å². The Morgan fingerprint density at radius 3 is 1.98 bits per heavy atom. The molecule has 6 N–H and O–H groups in total. The minimum atomic E-state index is -0.625. The van der Waals surface area contributed by atoms with E-state index >= 15 is 0 Å². The number of fused-ring (bicyclic) bond motifs is 2. The number of hydrogen-bond donors (Lipinski definition) is 3. The minimum Gasteiger partial charge on any atom is -0.494 e. The first-order valence-electron chi connectivity index (χ1n) is 15.8. The highest BCUT2D eigenvalue weighted by Gasteiger charge is 2.22. The number of imidazole rings is 2. The van der Waals surface area contributed by atoms with Gasteiger partial charge in [-0.25, -0.2) is 14.8 Å². The van der Waals surface area contributed by atoms with E-state index < -0.39 is 11.9 Å². The lowest BCUT2D eigenvalue weighted by atomic mass is 10.1. The third-order valence-corrected chi connectivity index (χ3v) is 8.25. The van der Waals surface area contributed by atoms with Gasteiger partial charge in [-0.2, -0.15) is 0 Å². The highest BCUT2D eigenvalue weighted by molar-refractivity contribution is 5.99. The number of aromatic nitrogens is 4. The Bertz CT molecular complexity index is 1980. The molecule has 5 rings (SSSR count). The van der Waals surface area contributed by atoms with Gasteiger partial charge in [0.15, 0.2) is 0 Å². The number of primary amides is 1. The van der Waals surface area contributed by atoms with Gasteiger partial charge in [-0.05, 0) is 24.3 Å². The standard InChI is InChI=1S/C34H41N9O6/c1-21(2)31(45)41-14-12-40(13-15-41)9-7-8-16-49-27-19-22(30(35)44)17-24-29(27)43(34(37)38-24)11-6-5-10-42-28-25(39-33(42)36)18-23(32(46)48-4)20-26(28)47-3/h5-6,17-21H,9-16H2,1-4H3,(H2,35,44)(H2,36,39)(H2,37,38)/b6-5+. The first kappa shape index (κ1) is 34.6. The fourth-order valence-corrected chi connectivity index (χ4v) is 5.69. The fraction of sp³-hybridized carbons (Fsp3) is 0.382. The Morgan fingerprint density at radius 2 is 1.43 bits per heavy atom. The molecule has 258 valence electrons. The Balaban J connectivity index is 1.29. The van der Waals surface area contributed by atoms with Crippen LogP contribution in [0.25, 0.3) is 22.1 Å². The maximum atomic E-state index is 12.2. The number of methoxy groups -OCH3 is 2. The number of amides is 2. The summed E-state index contributed by atoms with van der Waals surface area (Å²) in [5.41, 5.74) is 20.8. The number of hydrogen-bond acceptors (Lipinski definition) is 11. The molecule has 0 radical (unpaired) electrons. The predicted molar refractivity (Wildman–Crippen MR) is 185 cm³/mol. The zero-order chi connectivity index (χ0) is 35.2. The van der Waals surface area contributed by atoms with Crippen LogP contribution in [0.2, 0.25) is 0 Å². The zero-order valence-electron chi connectivity index (χ0n) is 28.1. The molecule has 1 aliphatic heterocycles. The normalized spacial score (nSPS) is 13.6. The van der Waals surface area contributed by atoms with E-state index in [1.165, 1.54) is 14.2 Å². The van der Waals surface area contributed by atoms with Crippen molar-refractivity contribution in [3.8, 4) is 23.3 Å². The summed E-state index contributed by atoms with van der Waals surface area (Å²) in [5, 5.41) is 0. The molecule has 1 fully saturated rings. The summed E-state index contributed by atoms with van der Waals surface area (Å²) < 4.78 is 19.9. The van der Waals surface area contributed by atoms with E-state index in [0.717, 1.165) is 13.1 Å². The molecule has 0 unspecified atom stereocenters. The topological polar surface area (TPSA) is 199 Å². The van der Waals surface area contributed by atoms with Crippen LogP contribution in [-0.2, 0) is 22.6 Å². The number of nitrogens with zero attached hydrogens (tertiary/aromatic N) is 6. The largest absolute Gasteiger partial charge is 0.494 e. The maximum Gasteiger partial charge on any atom is 0.338 e. The summed E-state index contributed by atoms with van der Waals surface area (Å²) >= 11 is 0. The molecule has 1 aliphatic rings. The number of nitrogens with two attached hydrogens (primary N) is 3. The molecule has 2 amide bonds. The van der Waals surface area contributed by atoms with E-state index in [4.69, 9.17) is 31.4 Å². The van der Waals surface area contributed by atoms with Crippen molar-refractivity contribution < 1.29 is 28.6 Å². The van der Waals surface area contributed by atoms with Crippen molar-refractivity contribution in [1.82, 2.24) is 28.9 Å². The lowest BCUT2D eigenvalue weighted by Gasteiger charge is -2.34. The lowest BCUT2D eigenvalue weighted by molar-refractivity contribution is -0.136. The number of benzene rings is 2. The minimum absolute atomic E-state index is 0.0109. The van der Waals surface area contributed by atoms with Crippen LogP contribution < -0.4 is 26.7 Å². The van der Waals surface area contributed by atoms with Gasteiger partial charge < -0.3 is 45.4 Å². The Morgan fingerprint density at radius 1 is 0.857 bits per heavy atom. The van der Waals surface area contributed by atoms with E-state index in [0.29, 0.717) is 71.9 Å². The number of carbonyl (C=O) groups is 3. The van der Waals surface area contributed by atoms with Crippen LogP contribution >= 0.6 is 0 Å². The molecule has 0 aliphatic carbocycles. The quantitative estimate of drug-likeness (QED) is 0.120. The zero-order valence-corrected chi connectivity index (χ0v) is 28.1. The summed E-state index contributed by atoms with van der Waals surface area (Å²) in [5.74, 6) is 6.46. The van der Waals surface area contributed by atoms with Gasteiger partial charge in [0.2, 0.25) is 23.7 Å². The van der Waals surface area contributed by atoms with E-state index in [2.05, 4.69) is 26.7 Å². The second-order valence-electron chi connectivity index (χ2n) is 11.8. The third kappa shape index (κ3) is 7.54. The molecule has 3 heterocycles. The third-order valence-electron chi connectivity index (χ3n) is 8.25. The average molecular weight is 672 g/mol. The highest BCUT2D eigenvalue weighted by Crippen LogP contribution is 2.31. The summed E-state index contributed by atoms with van der Waals surface area (Å²) in [4.78, 5) is 49.4. The van der Waals surface area contributed by atoms with Crippen molar-refractivity contribution in [2.75, 3.05) is 65.0 Å². The van der Waals surface area contributed by atoms with Crippen LogP contribution in [-0.4, -0.2) is 100 Å². The predicted octanol–water partition coefficient (Wildman–Crippen LogP) is 1.88. The Labute approximate surface area is 283 Å². The van der Waals surface area contributed by atoms with E-state index in [1.807, 2.05) is 30.9 Å². The molecule has 15 heteroatoms. The molecule has 0 spiro atoms. The second-order valence-corrected chi connectivity index (χ2v) is 11.8. The maximum absolute atomic E-state index is 12.2. The molecule has 0 saturated carbocycles. The van der Waals surface area contributed by atoms with Gasteiger partial charge in [-0.1, -0.05) is 37.8 Å². The Kier molecular flexibility index (Phi) is 10.6. The number of allylic oxidation sites excluding steroid dienone is 2. The lowest BCUT2D eigenvalue weighted by Crippen LogP contribution is -2.49. The van der Waals surface area contributed by atoms with Crippen LogP contribution in [0.5, 0.6) is 11.5 Å². The van der Waals surface area contributed by atoms with Crippen molar-refractivity contribution in [3.63, 3.8) is 0 Å². The summed E-state index contributed by atoms with van der Waals surface area (Å²) in [7, 11) is 2.80. The molecule has 2 aromatic carbocycles. The SMILES string of the molecule is COC(=O)c1cc(OC)c2c(c1)nc(N)n2C/C=C/Cn1c(N)nc2cc(C(N)=O)cc(OCC#CCN3CCN(C(=O)C(C)C)CC3)c21. The highest BCUT2D eigenvalue weighted by atomic mass is 16.5. The first-order chi connectivity index (χ1) is 23.5. The van der Waals surface area contributed by atoms with Crippen LogP contribution in [0.1, 0.15) is 34.6 Å². The van der Waals surface area contributed by atoms with Gasteiger partial charge in [-0.3, -0.25) is 14.5 Å². The van der Waals surface area contributed by atoms with Gasteiger partial charge in [0, 0.05) is 50.7 Å². The van der Waals surface area contributed by atoms with Gasteiger partial charge in [-0.15, -0.1) is 0 Å². The molecule has 49 heavy (non-hydrogen) atoms. The molecule has 0 bridgehead atoms. The number of ether oxygens (including phenoxy) is 3. The number of piperazine rings is 1. The van der Waals surface area contributed by atoms with Crippen molar-refractivity contribution in [2.24, 2.45) is 11.7 Å². The van der Waals surface area contributed by atoms with Crippen molar-refractivity contribution in [1.29, 1.82) is 0 Å². The molecular weight excluding hydrogens is 630 g/mol. The molecule has 2 aromatic heterocycles. The molecule has 0 atom stereocenters. The molecule has 1 saturated heterocycles. The monoisotopic (exact) mass is 671 g/mol. The molecule has 4 aromatic rings. The number of esters is 1. The average Bonchev–Trinajstić information content (AvgIpc) is 3.59. The van der Waals surface area contributed by atoms with Crippen LogP contribution in [0.15, 0.2) is 36.4 Å². The first-order valence-corrected chi connectivity index (χ1v) is 15.8. The smallest absolute Gasteiger partial charge is 0.338 e. The number of anilines is 2. The number of carbonyl (C=O) groups excluding carboxylic acids is 3.